The summed E-state index contributed by atoms with van der Waals surface area (Å²) in [6.45, 7) is 0.873. The number of nitrogen functional groups attached to an aromatic ring is 1. The van der Waals surface area contributed by atoms with Gasteiger partial charge < -0.3 is 34.5 Å². The smallest absolute Gasteiger partial charge is 0.459 e. The maximum absolute atomic E-state index is 13.6. The first-order valence-electron chi connectivity index (χ1n) is 11.1. The lowest BCUT2D eigenvalue weighted by Gasteiger charge is -2.26. The molecule has 3 heterocycles. The second-order valence-corrected chi connectivity index (χ2v) is 9.93. The number of hydrogen-bond donors (Lipinski definition) is 4. The third-order valence-electron chi connectivity index (χ3n) is 5.79. The maximum Gasteiger partial charge on any atom is 0.459 e. The summed E-state index contributed by atoms with van der Waals surface area (Å²) in [5, 5.41) is 25.1. The van der Waals surface area contributed by atoms with Crippen LogP contribution in [0.1, 0.15) is 13.2 Å². The molecule has 1 unspecified atom stereocenters. The van der Waals surface area contributed by atoms with E-state index in [-0.39, 0.29) is 11.6 Å². The van der Waals surface area contributed by atoms with E-state index in [9.17, 15) is 19.6 Å². The molecule has 2 aromatic heterocycles. The van der Waals surface area contributed by atoms with Crippen molar-refractivity contribution >= 4 is 30.6 Å². The van der Waals surface area contributed by atoms with Gasteiger partial charge in [0.25, 0.3) is 0 Å². The molecule has 3 aromatic rings. The second-order valence-electron chi connectivity index (χ2n) is 8.23. The van der Waals surface area contributed by atoms with E-state index in [4.69, 9.17) is 25.9 Å². The van der Waals surface area contributed by atoms with Crippen LogP contribution >= 0.6 is 7.75 Å². The number of carbonyl (C=O) groups excluding carboxylic acids is 1. The molecule has 1 saturated heterocycles. The largest absolute Gasteiger partial charge is 0.468 e. The van der Waals surface area contributed by atoms with Gasteiger partial charge in [0, 0.05) is 6.20 Å². The van der Waals surface area contributed by atoms with Crippen LogP contribution in [-0.4, -0.2) is 68.3 Å². The lowest BCUT2D eigenvalue weighted by molar-refractivity contribution is -0.142. The first-order chi connectivity index (χ1) is 17.6. The number of aliphatic hydroxyl groups excluding tert-OH is 1. The Morgan fingerprint density at radius 1 is 1.38 bits per heavy atom. The van der Waals surface area contributed by atoms with Gasteiger partial charge in [-0.1, -0.05) is 24.1 Å². The Kier molecular flexibility index (Phi) is 7.52. The van der Waals surface area contributed by atoms with Gasteiger partial charge in [-0.2, -0.15) is 5.09 Å². The van der Waals surface area contributed by atoms with Crippen molar-refractivity contribution in [1.82, 2.24) is 19.6 Å². The van der Waals surface area contributed by atoms with E-state index < -0.39 is 50.4 Å². The molecule has 0 radical (unpaired) electrons. The van der Waals surface area contributed by atoms with E-state index in [1.807, 2.05) is 0 Å². The Morgan fingerprint density at radius 3 is 2.78 bits per heavy atom. The zero-order chi connectivity index (χ0) is 26.8. The molecule has 1 aromatic carbocycles. The third kappa shape index (κ3) is 5.17. The van der Waals surface area contributed by atoms with Crippen molar-refractivity contribution < 1.29 is 38.1 Å². The van der Waals surface area contributed by atoms with Gasteiger partial charge in [-0.25, -0.2) is 14.5 Å². The molecule has 1 fully saturated rings. The number of hydrogen-bond acceptors (Lipinski definition) is 11. The minimum atomic E-state index is -4.24. The number of anilines is 1. The van der Waals surface area contributed by atoms with Gasteiger partial charge >= 0.3 is 13.7 Å². The molecule has 0 aliphatic carbocycles. The fourth-order valence-corrected chi connectivity index (χ4v) is 5.37. The molecule has 6 atom stereocenters. The number of terminal acetylenes is 1. The first kappa shape index (κ1) is 26.6. The molecule has 196 valence electrons. The number of nitrogens with one attached hydrogen (secondary N) is 1. The summed E-state index contributed by atoms with van der Waals surface area (Å²) in [6, 6.07) is 8.67. The van der Waals surface area contributed by atoms with E-state index in [2.05, 4.69) is 25.7 Å². The molecular weight excluding hydrogens is 505 g/mol. The average Bonchev–Trinajstić information content (AvgIpc) is 3.42. The molecular formula is C23H26N5O8P. The van der Waals surface area contributed by atoms with Crippen molar-refractivity contribution in [1.29, 1.82) is 0 Å². The van der Waals surface area contributed by atoms with Crippen LogP contribution in [0, 0.1) is 12.3 Å². The molecule has 1 aliphatic rings. The number of benzene rings is 1. The van der Waals surface area contributed by atoms with Gasteiger partial charge in [0.15, 0.2) is 11.8 Å². The van der Waals surface area contributed by atoms with Gasteiger partial charge in [-0.15, -0.1) is 6.42 Å². The normalized spacial score (nSPS) is 25.8. The number of carbonyl (C=O) groups is 1. The van der Waals surface area contributed by atoms with Crippen LogP contribution in [0.15, 0.2) is 48.9 Å². The quantitative estimate of drug-likeness (QED) is 0.175. The molecule has 14 heteroatoms. The third-order valence-corrected chi connectivity index (χ3v) is 7.43. The first-order valence-corrected chi connectivity index (χ1v) is 12.6. The Hall–Kier alpha value is -3.50. The van der Waals surface area contributed by atoms with Crippen LogP contribution in [0.25, 0.3) is 11.0 Å². The van der Waals surface area contributed by atoms with Crippen molar-refractivity contribution in [2.24, 2.45) is 0 Å². The van der Waals surface area contributed by atoms with Gasteiger partial charge in [-0.3, -0.25) is 9.32 Å². The van der Waals surface area contributed by atoms with Crippen LogP contribution < -0.4 is 15.3 Å². The summed E-state index contributed by atoms with van der Waals surface area (Å²) in [7, 11) is -3.06. The molecule has 0 bridgehead atoms. The summed E-state index contributed by atoms with van der Waals surface area (Å²) in [5.41, 5.74) is 3.99. The second kappa shape index (κ2) is 10.5. The zero-order valence-electron chi connectivity index (χ0n) is 19.9. The molecule has 4 rings (SSSR count). The van der Waals surface area contributed by atoms with Crippen LogP contribution in [-0.2, 0) is 23.4 Å². The van der Waals surface area contributed by atoms with Crippen LogP contribution in [0.2, 0.25) is 0 Å². The summed E-state index contributed by atoms with van der Waals surface area (Å²) in [4.78, 5) is 20.0. The molecule has 13 nitrogen and oxygen atoms in total. The highest BCUT2D eigenvalue weighted by molar-refractivity contribution is 7.52. The molecule has 0 saturated carbocycles. The number of rotatable bonds is 9. The number of nitrogens with zero attached hydrogens (tertiary/aromatic N) is 3. The number of methoxy groups -OCH3 is 1. The van der Waals surface area contributed by atoms with E-state index >= 15 is 0 Å². The predicted molar refractivity (Wildman–Crippen MR) is 131 cm³/mol. The predicted octanol–water partition coefficient (Wildman–Crippen LogP) is 0.991. The van der Waals surface area contributed by atoms with E-state index in [1.54, 1.807) is 36.4 Å². The number of esters is 1. The minimum absolute atomic E-state index is 0.192. The van der Waals surface area contributed by atoms with Crippen LogP contribution in [0.5, 0.6) is 5.75 Å². The summed E-state index contributed by atoms with van der Waals surface area (Å²) < 4.78 is 36.7. The van der Waals surface area contributed by atoms with Gasteiger partial charge in [0.2, 0.25) is 0 Å². The Labute approximate surface area is 212 Å². The van der Waals surface area contributed by atoms with Crippen LogP contribution in [0.3, 0.4) is 0 Å². The highest BCUT2D eigenvalue weighted by Gasteiger charge is 2.56. The molecule has 37 heavy (non-hydrogen) atoms. The summed E-state index contributed by atoms with van der Waals surface area (Å²) in [5.74, 6) is 1.87. The average molecular weight is 531 g/mol. The number of fused-ring (bicyclic) bond motifs is 1. The van der Waals surface area contributed by atoms with Crippen molar-refractivity contribution in [2.75, 3.05) is 19.5 Å². The monoisotopic (exact) mass is 531 g/mol. The van der Waals surface area contributed by atoms with E-state index in [0.29, 0.717) is 11.0 Å². The fourth-order valence-electron chi connectivity index (χ4n) is 3.87. The molecule has 1 aliphatic heterocycles. The lowest BCUT2D eigenvalue weighted by Crippen LogP contribution is -2.46. The van der Waals surface area contributed by atoms with Crippen molar-refractivity contribution in [3.05, 3.63) is 48.9 Å². The topological polar surface area (TPSA) is 180 Å². The van der Waals surface area contributed by atoms with Crippen molar-refractivity contribution in [3.8, 4) is 18.1 Å². The van der Waals surface area contributed by atoms with Gasteiger partial charge in [0.05, 0.1) is 19.1 Å². The number of para-hydroxylation sites is 1. The van der Waals surface area contributed by atoms with Crippen LogP contribution in [0.4, 0.5) is 5.82 Å². The fraction of sp³-hybridized carbons (Fsp3) is 0.348. The highest BCUT2D eigenvalue weighted by atomic mass is 31.2. The van der Waals surface area contributed by atoms with Crippen molar-refractivity contribution in [2.45, 2.75) is 37.0 Å². The summed E-state index contributed by atoms with van der Waals surface area (Å²) in [6.07, 6.45) is 4.14. The van der Waals surface area contributed by atoms with E-state index in [0.717, 1.165) is 0 Å². The zero-order valence-corrected chi connectivity index (χ0v) is 20.8. The Balaban J connectivity index is 1.58. The van der Waals surface area contributed by atoms with Crippen molar-refractivity contribution in [3.63, 3.8) is 0 Å². The molecule has 5 N–H and O–H groups in total. The number of aromatic nitrogens is 3. The van der Waals surface area contributed by atoms with E-state index in [1.165, 1.54) is 31.1 Å². The standard InChI is InChI=1S/C23H26N5O8P/c1-4-23(31)18(29)17(35-22(23)28-11-10-16-19(24)25-13-26-20(16)28)12-34-37(32,27-14(2)21(30)33-3)36-15-8-6-5-7-9-15/h1,5-11,13-14,17-18,22,29,31H,12H2,2-3H3,(H,27,32)(H2,24,25,26)/t14-,17+,18+,22+,23+,37?/m0/s1. The number of ether oxygens (including phenoxy) is 2. The number of aliphatic hydroxyl groups is 2. The summed E-state index contributed by atoms with van der Waals surface area (Å²) >= 11 is 0. The molecule has 0 spiro atoms. The Morgan fingerprint density at radius 2 is 2.11 bits per heavy atom. The number of nitrogens with two attached hydrogens (primary N) is 1. The lowest BCUT2D eigenvalue weighted by atomic mass is 9.95. The van der Waals surface area contributed by atoms with Gasteiger partial charge in [0.1, 0.15) is 41.8 Å². The maximum atomic E-state index is 13.6. The SMILES string of the molecule is C#C[C@@]1(O)[C@H](O)[C@@H](COP(=O)(N[C@@H](C)C(=O)OC)Oc2ccccc2)O[C@H]1n1ccc2c(N)ncnc21. The minimum Gasteiger partial charge on any atom is -0.468 e. The highest BCUT2D eigenvalue weighted by Crippen LogP contribution is 2.47. The van der Waals surface area contributed by atoms with Gasteiger partial charge in [-0.05, 0) is 25.1 Å². The molecule has 0 amide bonds. The Bertz CT molecular complexity index is 1360.